The van der Waals surface area contributed by atoms with Crippen LogP contribution in [0, 0.1) is 6.92 Å². The zero-order valence-electron chi connectivity index (χ0n) is 7.57. The van der Waals surface area contributed by atoms with Crippen molar-refractivity contribution in [3.63, 3.8) is 0 Å². The molecule has 0 aliphatic heterocycles. The third-order valence-electron chi connectivity index (χ3n) is 1.78. The number of pyridine rings is 1. The third-order valence-corrected chi connectivity index (χ3v) is 1.92. The molecule has 1 heterocycles. The molecule has 5 heteroatoms. The van der Waals surface area contributed by atoms with E-state index >= 15 is 0 Å². The van der Waals surface area contributed by atoms with Crippen LogP contribution in [0.5, 0.6) is 0 Å². The molecule has 0 unspecified atom stereocenters. The van der Waals surface area contributed by atoms with E-state index in [1.807, 2.05) is 13.0 Å². The van der Waals surface area contributed by atoms with E-state index in [1.165, 1.54) is 0 Å². The minimum Gasteiger partial charge on any atom is -0.388 e. The van der Waals surface area contributed by atoms with E-state index in [0.29, 0.717) is 12.1 Å². The van der Waals surface area contributed by atoms with Gasteiger partial charge in [-0.25, -0.2) is 4.84 Å². The highest BCUT2D eigenvalue weighted by Gasteiger charge is 2.05. The molecule has 0 amide bonds. The van der Waals surface area contributed by atoms with E-state index < -0.39 is 0 Å². The second-order valence-corrected chi connectivity index (χ2v) is 3.00. The molecule has 0 aliphatic rings. The van der Waals surface area contributed by atoms with Crippen LogP contribution < -0.4 is 15.7 Å². The molecular formula is C8H12ClN3O. The van der Waals surface area contributed by atoms with E-state index in [0.717, 1.165) is 11.4 Å². The number of rotatable bonds is 3. The van der Waals surface area contributed by atoms with Gasteiger partial charge >= 0.3 is 0 Å². The Morgan fingerprint density at radius 1 is 1.62 bits per heavy atom. The molecule has 1 rings (SSSR count). The minimum absolute atomic E-state index is 0.113. The largest absolute Gasteiger partial charge is 0.388 e. The highest BCUT2D eigenvalue weighted by Crippen LogP contribution is 2.10. The number of hydrogen-bond donors (Lipinski definition) is 3. The summed E-state index contributed by atoms with van der Waals surface area (Å²) in [6, 6.07) is 1.87. The molecule has 1 aromatic rings. The van der Waals surface area contributed by atoms with Crippen LogP contribution in [0.4, 0.5) is 5.69 Å². The first-order valence-corrected chi connectivity index (χ1v) is 4.31. The highest BCUT2D eigenvalue weighted by molar-refractivity contribution is 6.13. The third kappa shape index (κ3) is 2.23. The topological polar surface area (TPSA) is 56.9 Å². The first kappa shape index (κ1) is 10.1. The maximum atomic E-state index is 11.4. The van der Waals surface area contributed by atoms with Crippen LogP contribution in [0.25, 0.3) is 0 Å². The van der Waals surface area contributed by atoms with Crippen molar-refractivity contribution in [1.82, 2.24) is 9.82 Å². The summed E-state index contributed by atoms with van der Waals surface area (Å²) in [6.07, 6.45) is 0. The van der Waals surface area contributed by atoms with Crippen LogP contribution in [0.1, 0.15) is 11.3 Å². The van der Waals surface area contributed by atoms with Crippen LogP contribution in [0.3, 0.4) is 0 Å². The first-order chi connectivity index (χ1) is 6.19. The van der Waals surface area contributed by atoms with E-state index in [2.05, 4.69) is 15.1 Å². The van der Waals surface area contributed by atoms with Gasteiger partial charge in [0.25, 0.3) is 5.56 Å². The van der Waals surface area contributed by atoms with Crippen molar-refractivity contribution in [2.45, 2.75) is 13.5 Å². The lowest BCUT2D eigenvalue weighted by Gasteiger charge is -2.07. The second-order valence-electron chi connectivity index (χ2n) is 2.73. The second kappa shape index (κ2) is 4.30. The number of aromatic nitrogens is 1. The number of aryl methyl sites for hydroxylation is 1. The Kier molecular flexibility index (Phi) is 3.33. The first-order valence-electron chi connectivity index (χ1n) is 3.93. The monoisotopic (exact) mass is 201 g/mol. The number of hydrogen-bond acceptors (Lipinski definition) is 3. The Labute approximate surface area is 81.4 Å². The molecule has 1 aromatic heterocycles. The lowest BCUT2D eigenvalue weighted by atomic mass is 10.2. The number of H-pyrrole nitrogens is 1. The van der Waals surface area contributed by atoms with E-state index in [1.54, 1.807) is 7.05 Å². The summed E-state index contributed by atoms with van der Waals surface area (Å²) in [7, 11) is 1.77. The van der Waals surface area contributed by atoms with E-state index in [4.69, 9.17) is 11.8 Å². The Bertz CT molecular complexity index is 348. The van der Waals surface area contributed by atoms with Crippen molar-refractivity contribution < 1.29 is 0 Å². The van der Waals surface area contributed by atoms with E-state index in [9.17, 15) is 4.79 Å². The van der Waals surface area contributed by atoms with Gasteiger partial charge in [-0.1, -0.05) is 0 Å². The van der Waals surface area contributed by atoms with Crippen molar-refractivity contribution in [3.05, 3.63) is 27.7 Å². The van der Waals surface area contributed by atoms with Crippen LogP contribution in [-0.4, -0.2) is 12.0 Å². The van der Waals surface area contributed by atoms with Crippen LogP contribution in [0.2, 0.25) is 0 Å². The average Bonchev–Trinajstić information content (AvgIpc) is 2.09. The molecule has 0 bridgehead atoms. The van der Waals surface area contributed by atoms with Crippen molar-refractivity contribution >= 4 is 17.5 Å². The average molecular weight is 202 g/mol. The van der Waals surface area contributed by atoms with Gasteiger partial charge < -0.3 is 10.3 Å². The summed E-state index contributed by atoms with van der Waals surface area (Å²) < 4.78 is 0. The molecule has 0 spiro atoms. The van der Waals surface area contributed by atoms with Crippen LogP contribution in [-0.2, 0) is 6.54 Å². The van der Waals surface area contributed by atoms with Crippen molar-refractivity contribution in [2.75, 3.05) is 12.4 Å². The predicted octanol–water partition coefficient (Wildman–Crippen LogP) is 0.968. The molecule has 0 saturated carbocycles. The fourth-order valence-electron chi connectivity index (χ4n) is 1.18. The Morgan fingerprint density at radius 3 is 2.85 bits per heavy atom. The zero-order chi connectivity index (χ0) is 9.84. The van der Waals surface area contributed by atoms with Gasteiger partial charge in [0.05, 0.1) is 5.56 Å². The van der Waals surface area contributed by atoms with Gasteiger partial charge in [-0.05, 0) is 24.8 Å². The molecule has 72 valence electrons. The molecule has 4 nitrogen and oxygen atoms in total. The Morgan fingerprint density at radius 2 is 2.31 bits per heavy atom. The lowest BCUT2D eigenvalue weighted by Crippen LogP contribution is -2.19. The number of halogens is 1. The minimum atomic E-state index is -0.113. The zero-order valence-corrected chi connectivity index (χ0v) is 8.33. The van der Waals surface area contributed by atoms with Crippen LogP contribution >= 0.6 is 11.8 Å². The van der Waals surface area contributed by atoms with Gasteiger partial charge in [-0.3, -0.25) is 4.79 Å². The SMILES string of the molecule is CNc1cc(C)[nH]c(=O)c1CNCl. The number of anilines is 1. The Hall–Kier alpha value is -1.00. The highest BCUT2D eigenvalue weighted by atomic mass is 35.5. The molecule has 0 saturated heterocycles. The van der Waals surface area contributed by atoms with Gasteiger partial charge in [-0.2, -0.15) is 0 Å². The van der Waals surface area contributed by atoms with Gasteiger partial charge in [0.2, 0.25) is 0 Å². The number of aromatic amines is 1. The van der Waals surface area contributed by atoms with Crippen molar-refractivity contribution in [2.24, 2.45) is 0 Å². The fraction of sp³-hybridized carbons (Fsp3) is 0.375. The molecule has 0 aromatic carbocycles. The number of nitrogens with one attached hydrogen (secondary N) is 3. The maximum absolute atomic E-state index is 11.4. The van der Waals surface area contributed by atoms with Gasteiger partial charge in [-0.15, -0.1) is 0 Å². The van der Waals surface area contributed by atoms with Gasteiger partial charge in [0.1, 0.15) is 0 Å². The summed E-state index contributed by atoms with van der Waals surface area (Å²) in [5.41, 5.74) is 2.13. The molecule has 0 atom stereocenters. The van der Waals surface area contributed by atoms with Gasteiger partial charge in [0, 0.05) is 25.0 Å². The summed E-state index contributed by atoms with van der Waals surface area (Å²) in [6.45, 7) is 2.17. The van der Waals surface area contributed by atoms with E-state index in [-0.39, 0.29) is 5.56 Å². The van der Waals surface area contributed by atoms with Crippen molar-refractivity contribution in [1.29, 1.82) is 0 Å². The smallest absolute Gasteiger partial charge is 0.254 e. The molecule has 0 aliphatic carbocycles. The fourth-order valence-corrected chi connectivity index (χ4v) is 1.32. The molecule has 3 N–H and O–H groups in total. The molecular weight excluding hydrogens is 190 g/mol. The van der Waals surface area contributed by atoms with Crippen LogP contribution in [0.15, 0.2) is 10.9 Å². The summed E-state index contributed by atoms with van der Waals surface area (Å²) in [5, 5.41) is 2.94. The normalized spacial score (nSPS) is 10.1. The quantitative estimate of drug-likeness (QED) is 0.639. The molecule has 0 radical (unpaired) electrons. The summed E-state index contributed by atoms with van der Waals surface area (Å²) in [4.78, 5) is 16.6. The molecule has 13 heavy (non-hydrogen) atoms. The molecule has 0 fully saturated rings. The Balaban J connectivity index is 3.22. The summed E-state index contributed by atoms with van der Waals surface area (Å²) in [5.74, 6) is 0. The van der Waals surface area contributed by atoms with Gasteiger partial charge in [0.15, 0.2) is 0 Å². The summed E-state index contributed by atoms with van der Waals surface area (Å²) >= 11 is 5.35. The predicted molar refractivity (Wildman–Crippen MR) is 54.0 cm³/mol. The maximum Gasteiger partial charge on any atom is 0.254 e. The van der Waals surface area contributed by atoms with Crippen molar-refractivity contribution in [3.8, 4) is 0 Å². The lowest BCUT2D eigenvalue weighted by molar-refractivity contribution is 0.927. The standard InChI is InChI=1S/C8H12ClN3O/c1-5-3-7(10-2)6(4-11-9)8(13)12-5/h3,11H,4H2,1-2H3,(H2,10,12,13).